The van der Waals surface area contributed by atoms with Gasteiger partial charge in [0.1, 0.15) is 0 Å². The molecule has 1 heteroatoms. The molecule has 1 N–H and O–H groups in total. The smallest absolute Gasteiger partial charge is 0.0338 e. The summed E-state index contributed by atoms with van der Waals surface area (Å²) in [6, 6.07) is 13.5. The topological polar surface area (TPSA) is 12.0 Å². The molecule has 0 radical (unpaired) electrons. The standard InChI is InChI=1S/C24H31N/c1-7-9-17(3)22-14-23(19(5)25-6)16-24(15-22)21-12-11-20(10-8-2)18(4)13-21/h11-16,25H,3,5,7-10H2,1-2,4,6H3. The largest absolute Gasteiger partial charge is 0.388 e. The normalized spacial score (nSPS) is 10.6. The highest BCUT2D eigenvalue weighted by Crippen LogP contribution is 2.30. The molecule has 0 saturated carbocycles. The van der Waals surface area contributed by atoms with Crippen molar-refractivity contribution in [3.05, 3.63) is 71.8 Å². The maximum Gasteiger partial charge on any atom is 0.0338 e. The van der Waals surface area contributed by atoms with Gasteiger partial charge in [-0.2, -0.15) is 0 Å². The third-order valence-electron chi connectivity index (χ3n) is 4.74. The molecule has 25 heavy (non-hydrogen) atoms. The zero-order valence-corrected chi connectivity index (χ0v) is 16.2. The van der Waals surface area contributed by atoms with Crippen molar-refractivity contribution in [2.24, 2.45) is 0 Å². The maximum absolute atomic E-state index is 4.28. The molecule has 2 aromatic rings. The number of benzene rings is 2. The second kappa shape index (κ2) is 8.71. The van der Waals surface area contributed by atoms with Crippen molar-refractivity contribution in [1.82, 2.24) is 5.32 Å². The van der Waals surface area contributed by atoms with E-state index in [-0.39, 0.29) is 0 Å². The van der Waals surface area contributed by atoms with Gasteiger partial charge >= 0.3 is 0 Å². The lowest BCUT2D eigenvalue weighted by Crippen LogP contribution is -2.03. The van der Waals surface area contributed by atoms with Crippen LogP contribution in [0.2, 0.25) is 0 Å². The van der Waals surface area contributed by atoms with Crippen molar-refractivity contribution < 1.29 is 0 Å². The van der Waals surface area contributed by atoms with Crippen LogP contribution in [-0.4, -0.2) is 7.05 Å². The van der Waals surface area contributed by atoms with E-state index >= 15 is 0 Å². The summed E-state index contributed by atoms with van der Waals surface area (Å²) in [5.74, 6) is 0. The predicted molar refractivity (Wildman–Crippen MR) is 113 cm³/mol. The van der Waals surface area contributed by atoms with E-state index in [0.717, 1.165) is 30.5 Å². The summed E-state index contributed by atoms with van der Waals surface area (Å²) in [5.41, 5.74) is 9.76. The van der Waals surface area contributed by atoms with Gasteiger partial charge in [-0.05, 0) is 76.9 Å². The van der Waals surface area contributed by atoms with E-state index in [1.54, 1.807) is 0 Å². The third-order valence-corrected chi connectivity index (χ3v) is 4.74. The van der Waals surface area contributed by atoms with Crippen LogP contribution in [0.4, 0.5) is 0 Å². The van der Waals surface area contributed by atoms with Gasteiger partial charge in [-0.3, -0.25) is 0 Å². The van der Waals surface area contributed by atoms with Crippen molar-refractivity contribution >= 4 is 11.3 Å². The molecule has 0 saturated heterocycles. The quantitative estimate of drug-likeness (QED) is 0.572. The van der Waals surface area contributed by atoms with Gasteiger partial charge in [-0.25, -0.2) is 0 Å². The van der Waals surface area contributed by atoms with Crippen LogP contribution in [0.3, 0.4) is 0 Å². The highest BCUT2D eigenvalue weighted by atomic mass is 14.8. The van der Waals surface area contributed by atoms with Crippen molar-refractivity contribution in [3.63, 3.8) is 0 Å². The molecular weight excluding hydrogens is 302 g/mol. The number of allylic oxidation sites excluding steroid dienone is 1. The lowest BCUT2D eigenvalue weighted by atomic mass is 9.92. The second-order valence-electron chi connectivity index (χ2n) is 6.77. The molecule has 0 aromatic heterocycles. The SMILES string of the molecule is C=C(CCC)c1cc(C(=C)NC)cc(-c2ccc(CCC)c(C)c2)c1. The summed E-state index contributed by atoms with van der Waals surface area (Å²) < 4.78 is 0. The summed E-state index contributed by atoms with van der Waals surface area (Å²) in [4.78, 5) is 0. The lowest BCUT2D eigenvalue weighted by molar-refractivity contribution is 0.913. The first-order chi connectivity index (χ1) is 12.0. The average molecular weight is 334 g/mol. The molecule has 0 aliphatic carbocycles. The molecule has 0 bridgehead atoms. The van der Waals surface area contributed by atoms with Crippen molar-refractivity contribution in [3.8, 4) is 11.1 Å². The minimum absolute atomic E-state index is 0.937. The third kappa shape index (κ3) is 4.63. The van der Waals surface area contributed by atoms with Crippen LogP contribution in [0.5, 0.6) is 0 Å². The summed E-state index contributed by atoms with van der Waals surface area (Å²) >= 11 is 0. The average Bonchev–Trinajstić information content (AvgIpc) is 2.62. The lowest BCUT2D eigenvalue weighted by Gasteiger charge is -2.14. The van der Waals surface area contributed by atoms with E-state index in [2.05, 4.69) is 75.6 Å². The fraction of sp³-hybridized carbons (Fsp3) is 0.333. The van der Waals surface area contributed by atoms with Crippen LogP contribution in [-0.2, 0) is 6.42 Å². The molecule has 1 nitrogen and oxygen atoms in total. The second-order valence-corrected chi connectivity index (χ2v) is 6.77. The van der Waals surface area contributed by atoms with Gasteiger partial charge in [-0.15, -0.1) is 0 Å². The summed E-state index contributed by atoms with van der Waals surface area (Å²) in [6.07, 6.45) is 4.44. The molecular formula is C24H31N. The highest BCUT2D eigenvalue weighted by molar-refractivity contribution is 5.78. The summed E-state index contributed by atoms with van der Waals surface area (Å²) in [6.45, 7) is 15.1. The molecule has 0 fully saturated rings. The Hall–Kier alpha value is -2.28. The van der Waals surface area contributed by atoms with Crippen LogP contribution in [0.15, 0.2) is 49.6 Å². The predicted octanol–water partition coefficient (Wildman–Crippen LogP) is 6.62. The van der Waals surface area contributed by atoms with Gasteiger partial charge in [0, 0.05) is 12.7 Å². The van der Waals surface area contributed by atoms with Gasteiger partial charge in [0.25, 0.3) is 0 Å². The Kier molecular flexibility index (Phi) is 6.64. The first kappa shape index (κ1) is 19.1. The zero-order chi connectivity index (χ0) is 18.4. The van der Waals surface area contributed by atoms with Gasteiger partial charge in [0.2, 0.25) is 0 Å². The van der Waals surface area contributed by atoms with E-state index in [4.69, 9.17) is 0 Å². The van der Waals surface area contributed by atoms with Crippen LogP contribution in [0.25, 0.3) is 22.4 Å². The van der Waals surface area contributed by atoms with Crippen LogP contribution < -0.4 is 5.32 Å². The van der Waals surface area contributed by atoms with Crippen molar-refractivity contribution in [2.45, 2.75) is 46.5 Å². The fourth-order valence-corrected chi connectivity index (χ4v) is 3.19. The van der Waals surface area contributed by atoms with Crippen LogP contribution in [0, 0.1) is 6.92 Å². The molecule has 0 aliphatic rings. The Labute approximate surface area is 153 Å². The first-order valence-electron chi connectivity index (χ1n) is 9.30. The fourth-order valence-electron chi connectivity index (χ4n) is 3.19. The Morgan fingerprint density at radius 1 is 0.920 bits per heavy atom. The van der Waals surface area contributed by atoms with Gasteiger partial charge in [0.05, 0.1) is 0 Å². The molecule has 2 rings (SSSR count). The Morgan fingerprint density at radius 2 is 1.64 bits per heavy atom. The molecule has 0 unspecified atom stereocenters. The molecule has 132 valence electrons. The van der Waals surface area contributed by atoms with Gasteiger partial charge in [0.15, 0.2) is 0 Å². The molecule has 0 amide bonds. The van der Waals surface area contributed by atoms with Crippen molar-refractivity contribution in [2.75, 3.05) is 7.05 Å². The maximum atomic E-state index is 4.28. The van der Waals surface area contributed by atoms with E-state index < -0.39 is 0 Å². The van der Waals surface area contributed by atoms with E-state index in [1.807, 2.05) is 7.05 Å². The van der Waals surface area contributed by atoms with Gasteiger partial charge in [-0.1, -0.05) is 58.0 Å². The number of hydrogen-bond donors (Lipinski definition) is 1. The monoisotopic (exact) mass is 333 g/mol. The molecule has 0 heterocycles. The molecule has 2 aromatic carbocycles. The molecule has 0 atom stereocenters. The Bertz CT molecular complexity index is 768. The Morgan fingerprint density at radius 3 is 2.24 bits per heavy atom. The number of nitrogens with one attached hydrogen (secondary N) is 1. The number of aryl methyl sites for hydroxylation is 2. The number of hydrogen-bond acceptors (Lipinski definition) is 1. The first-order valence-corrected chi connectivity index (χ1v) is 9.30. The summed E-state index contributed by atoms with van der Waals surface area (Å²) in [7, 11) is 1.92. The minimum atomic E-state index is 0.937. The molecule has 0 aliphatic heterocycles. The van der Waals surface area contributed by atoms with Crippen molar-refractivity contribution in [1.29, 1.82) is 0 Å². The van der Waals surface area contributed by atoms with Crippen LogP contribution in [0.1, 0.15) is 55.4 Å². The Balaban J connectivity index is 2.52. The van der Waals surface area contributed by atoms with Crippen LogP contribution >= 0.6 is 0 Å². The van der Waals surface area contributed by atoms with Gasteiger partial charge < -0.3 is 5.32 Å². The highest BCUT2D eigenvalue weighted by Gasteiger charge is 2.09. The minimum Gasteiger partial charge on any atom is -0.388 e. The number of rotatable bonds is 8. The van der Waals surface area contributed by atoms with E-state index in [1.165, 1.54) is 39.8 Å². The zero-order valence-electron chi connectivity index (χ0n) is 16.2. The molecule has 0 spiro atoms. The van der Waals surface area contributed by atoms with E-state index in [9.17, 15) is 0 Å². The summed E-state index contributed by atoms with van der Waals surface area (Å²) in [5, 5.41) is 3.17. The van der Waals surface area contributed by atoms with E-state index in [0.29, 0.717) is 0 Å².